The lowest BCUT2D eigenvalue weighted by Gasteiger charge is -2.07. The van der Waals surface area contributed by atoms with Crippen LogP contribution in [0.5, 0.6) is 0 Å². The molecule has 0 spiro atoms. The molecule has 0 amide bonds. The van der Waals surface area contributed by atoms with Crippen LogP contribution in [-0.4, -0.2) is 30.6 Å². The van der Waals surface area contributed by atoms with Crippen LogP contribution in [0.4, 0.5) is 11.6 Å². The van der Waals surface area contributed by atoms with Gasteiger partial charge < -0.3 is 16.0 Å². The maximum absolute atomic E-state index is 6.16. The third-order valence-corrected chi connectivity index (χ3v) is 3.40. The van der Waals surface area contributed by atoms with E-state index in [4.69, 9.17) is 11.5 Å². The molecule has 0 bridgehead atoms. The molecule has 0 fully saturated rings. The van der Waals surface area contributed by atoms with Crippen LogP contribution in [0.25, 0.3) is 11.0 Å². The van der Waals surface area contributed by atoms with Gasteiger partial charge in [-0.05, 0) is 20.8 Å². The summed E-state index contributed by atoms with van der Waals surface area (Å²) in [5, 5.41) is 7.61. The van der Waals surface area contributed by atoms with Crippen molar-refractivity contribution in [3.63, 3.8) is 0 Å². The van der Waals surface area contributed by atoms with Crippen LogP contribution in [0.2, 0.25) is 0 Å². The average molecular weight is 298 g/mol. The van der Waals surface area contributed by atoms with E-state index in [-0.39, 0.29) is 6.04 Å². The Morgan fingerprint density at radius 3 is 2.77 bits per heavy atom. The van der Waals surface area contributed by atoms with E-state index in [1.54, 1.807) is 0 Å². The quantitative estimate of drug-likeness (QED) is 0.501. The lowest BCUT2D eigenvalue weighted by atomic mass is 10.2. The van der Waals surface area contributed by atoms with E-state index < -0.39 is 0 Å². The van der Waals surface area contributed by atoms with Gasteiger partial charge in [0, 0.05) is 29.6 Å². The second kappa shape index (κ2) is 5.14. The Kier molecular flexibility index (Phi) is 3.28. The van der Waals surface area contributed by atoms with E-state index in [0.29, 0.717) is 28.4 Å². The molecule has 3 aromatic rings. The Morgan fingerprint density at radius 1 is 1.36 bits per heavy atom. The molecule has 8 heteroatoms. The molecule has 8 nitrogen and oxygen atoms in total. The van der Waals surface area contributed by atoms with E-state index in [9.17, 15) is 0 Å². The SMILES string of the molecule is Cc1cc(N=C(N)c2cn(C(C)C)c3ncnc(N)c23)n[nH]1. The molecule has 0 aliphatic heterocycles. The molecule has 3 heterocycles. The molecule has 0 aromatic carbocycles. The van der Waals surface area contributed by atoms with E-state index in [1.807, 2.05) is 23.8 Å². The molecule has 0 saturated heterocycles. The smallest absolute Gasteiger partial charge is 0.175 e. The summed E-state index contributed by atoms with van der Waals surface area (Å²) < 4.78 is 2.00. The number of hydrogen-bond acceptors (Lipinski definition) is 5. The van der Waals surface area contributed by atoms with Crippen molar-refractivity contribution in [1.82, 2.24) is 24.7 Å². The summed E-state index contributed by atoms with van der Waals surface area (Å²) in [5.41, 5.74) is 14.5. The van der Waals surface area contributed by atoms with Crippen molar-refractivity contribution in [2.75, 3.05) is 5.73 Å². The number of H-pyrrole nitrogens is 1. The summed E-state index contributed by atoms with van der Waals surface area (Å²) in [6, 6.07) is 2.03. The van der Waals surface area contributed by atoms with Crippen LogP contribution in [0.3, 0.4) is 0 Å². The van der Waals surface area contributed by atoms with Crippen molar-refractivity contribution >= 4 is 28.5 Å². The monoisotopic (exact) mass is 298 g/mol. The van der Waals surface area contributed by atoms with E-state index >= 15 is 0 Å². The lowest BCUT2D eigenvalue weighted by molar-refractivity contribution is 0.617. The fraction of sp³-hybridized carbons (Fsp3) is 0.286. The number of anilines is 1. The minimum absolute atomic E-state index is 0.214. The Bertz CT molecular complexity index is 855. The van der Waals surface area contributed by atoms with Gasteiger partial charge in [-0.3, -0.25) is 5.10 Å². The Labute approximate surface area is 127 Å². The average Bonchev–Trinajstić information content (AvgIpc) is 3.03. The molecule has 0 atom stereocenters. The molecular formula is C14H18N8. The number of nitrogens with two attached hydrogens (primary N) is 2. The Morgan fingerprint density at radius 2 is 2.14 bits per heavy atom. The zero-order valence-corrected chi connectivity index (χ0v) is 12.7. The minimum Gasteiger partial charge on any atom is -0.383 e. The highest BCUT2D eigenvalue weighted by molar-refractivity contribution is 6.11. The van der Waals surface area contributed by atoms with Gasteiger partial charge in [0.15, 0.2) is 5.82 Å². The summed E-state index contributed by atoms with van der Waals surface area (Å²) in [6.45, 7) is 6.02. The number of aliphatic imine (C=N–C) groups is 1. The highest BCUT2D eigenvalue weighted by Crippen LogP contribution is 2.27. The summed E-state index contributed by atoms with van der Waals surface area (Å²) in [6.07, 6.45) is 3.35. The molecule has 0 aliphatic carbocycles. The second-order valence-electron chi connectivity index (χ2n) is 5.41. The molecule has 3 rings (SSSR count). The third-order valence-electron chi connectivity index (χ3n) is 3.40. The van der Waals surface area contributed by atoms with E-state index in [0.717, 1.165) is 11.3 Å². The molecule has 3 aromatic heterocycles. The van der Waals surface area contributed by atoms with Crippen molar-refractivity contribution in [1.29, 1.82) is 0 Å². The normalized spacial score (nSPS) is 12.5. The molecule has 0 radical (unpaired) electrons. The van der Waals surface area contributed by atoms with Gasteiger partial charge >= 0.3 is 0 Å². The number of amidine groups is 1. The van der Waals surface area contributed by atoms with E-state index in [2.05, 4.69) is 39.0 Å². The Balaban J connectivity index is 2.20. The van der Waals surface area contributed by atoms with Crippen LogP contribution in [-0.2, 0) is 0 Å². The van der Waals surface area contributed by atoms with Gasteiger partial charge in [0.05, 0.1) is 5.39 Å². The van der Waals surface area contributed by atoms with Gasteiger partial charge in [-0.15, -0.1) is 0 Å². The number of nitrogens with zero attached hydrogens (tertiary/aromatic N) is 5. The van der Waals surface area contributed by atoms with Gasteiger partial charge in [-0.1, -0.05) is 0 Å². The first-order chi connectivity index (χ1) is 10.5. The largest absolute Gasteiger partial charge is 0.383 e. The Hall–Kier alpha value is -2.90. The number of rotatable bonds is 3. The molecular weight excluding hydrogens is 280 g/mol. The van der Waals surface area contributed by atoms with Gasteiger partial charge in [-0.2, -0.15) is 5.10 Å². The maximum Gasteiger partial charge on any atom is 0.175 e. The number of hydrogen-bond donors (Lipinski definition) is 3. The summed E-state index contributed by atoms with van der Waals surface area (Å²) >= 11 is 0. The number of nitrogens with one attached hydrogen (secondary N) is 1. The fourth-order valence-corrected chi connectivity index (χ4v) is 2.34. The fourth-order valence-electron chi connectivity index (χ4n) is 2.34. The highest BCUT2D eigenvalue weighted by Gasteiger charge is 2.17. The van der Waals surface area contributed by atoms with Gasteiger partial charge in [0.1, 0.15) is 23.6 Å². The summed E-state index contributed by atoms with van der Waals surface area (Å²) in [4.78, 5) is 12.7. The first-order valence-electron chi connectivity index (χ1n) is 6.95. The first-order valence-corrected chi connectivity index (χ1v) is 6.95. The lowest BCUT2D eigenvalue weighted by Crippen LogP contribution is -2.13. The molecule has 22 heavy (non-hydrogen) atoms. The predicted octanol–water partition coefficient (Wildman–Crippen LogP) is 1.66. The van der Waals surface area contributed by atoms with Gasteiger partial charge in [0.25, 0.3) is 0 Å². The van der Waals surface area contributed by atoms with Gasteiger partial charge in [0.2, 0.25) is 0 Å². The molecule has 114 valence electrons. The van der Waals surface area contributed by atoms with Crippen molar-refractivity contribution in [2.24, 2.45) is 10.7 Å². The maximum atomic E-state index is 6.16. The van der Waals surface area contributed by atoms with Crippen LogP contribution < -0.4 is 11.5 Å². The molecule has 0 saturated carbocycles. The molecule has 0 aliphatic rings. The molecule has 5 N–H and O–H groups in total. The predicted molar refractivity (Wildman–Crippen MR) is 86.0 cm³/mol. The highest BCUT2D eigenvalue weighted by atomic mass is 15.2. The number of aromatic nitrogens is 5. The van der Waals surface area contributed by atoms with Gasteiger partial charge in [-0.25, -0.2) is 15.0 Å². The van der Waals surface area contributed by atoms with Crippen LogP contribution in [0, 0.1) is 6.92 Å². The number of aromatic amines is 1. The van der Waals surface area contributed by atoms with Crippen LogP contribution in [0.1, 0.15) is 31.1 Å². The van der Waals surface area contributed by atoms with E-state index in [1.165, 1.54) is 6.33 Å². The number of nitrogen functional groups attached to an aromatic ring is 1. The summed E-state index contributed by atoms with van der Waals surface area (Å²) in [7, 11) is 0. The number of aryl methyl sites for hydroxylation is 1. The van der Waals surface area contributed by atoms with Crippen molar-refractivity contribution < 1.29 is 0 Å². The van der Waals surface area contributed by atoms with Crippen molar-refractivity contribution in [2.45, 2.75) is 26.8 Å². The minimum atomic E-state index is 0.214. The second-order valence-corrected chi connectivity index (χ2v) is 5.41. The standard InChI is InChI=1S/C14H18N8/c1-7(2)22-5-9(11-13(16)17-6-18-14(11)22)12(15)19-10-4-8(3)20-21-10/h4-7H,1-3H3,(H2,16,17,18)(H3,15,19,20,21). The van der Waals surface area contributed by atoms with Crippen LogP contribution >= 0.6 is 0 Å². The van der Waals surface area contributed by atoms with Crippen molar-refractivity contribution in [3.8, 4) is 0 Å². The third kappa shape index (κ3) is 2.28. The van der Waals surface area contributed by atoms with Crippen LogP contribution in [0.15, 0.2) is 23.6 Å². The topological polar surface area (TPSA) is 124 Å². The zero-order chi connectivity index (χ0) is 15.9. The summed E-state index contributed by atoms with van der Waals surface area (Å²) in [5.74, 6) is 1.24. The molecule has 0 unspecified atom stereocenters. The first kappa shape index (κ1) is 14.1. The number of fused-ring (bicyclic) bond motifs is 1. The van der Waals surface area contributed by atoms with Crippen molar-refractivity contribution in [3.05, 3.63) is 29.8 Å². The zero-order valence-electron chi connectivity index (χ0n) is 12.7.